The maximum Gasteiger partial charge on any atom is 0.248 e. The number of carbonyl (C=O) groups excluding carboxylic acids is 1. The molecule has 3 aromatic rings. The highest BCUT2D eigenvalue weighted by Crippen LogP contribution is 2.15. The average molecular weight is 324 g/mol. The molecule has 0 atom stereocenters. The fourth-order valence-corrected chi connectivity index (χ4v) is 2.26. The molecule has 0 spiro atoms. The van der Waals surface area contributed by atoms with Crippen molar-refractivity contribution < 1.29 is 4.79 Å². The van der Waals surface area contributed by atoms with Crippen LogP contribution in [0, 0.1) is 0 Å². The Morgan fingerprint density at radius 1 is 1.13 bits per heavy atom. The molecular formula is C18H14ClN3O. The van der Waals surface area contributed by atoms with Gasteiger partial charge in [0.2, 0.25) is 5.91 Å². The van der Waals surface area contributed by atoms with Crippen LogP contribution in [0.2, 0.25) is 5.02 Å². The van der Waals surface area contributed by atoms with E-state index in [9.17, 15) is 4.79 Å². The SMILES string of the molecule is O=C(C=Cc1cnn(-c2ccccc2)c1)Nc1cccc(Cl)c1. The summed E-state index contributed by atoms with van der Waals surface area (Å²) in [6.07, 6.45) is 6.74. The molecule has 0 aliphatic heterocycles. The van der Waals surface area contributed by atoms with Crippen molar-refractivity contribution in [2.24, 2.45) is 0 Å². The largest absolute Gasteiger partial charge is 0.322 e. The van der Waals surface area contributed by atoms with Crippen molar-refractivity contribution in [1.82, 2.24) is 9.78 Å². The first-order valence-electron chi connectivity index (χ1n) is 7.05. The number of halogens is 1. The maximum atomic E-state index is 11.9. The van der Waals surface area contributed by atoms with Gasteiger partial charge in [0.15, 0.2) is 0 Å². The molecule has 1 heterocycles. The van der Waals surface area contributed by atoms with Gasteiger partial charge in [-0.15, -0.1) is 0 Å². The molecule has 1 N–H and O–H groups in total. The molecule has 0 radical (unpaired) electrons. The second-order valence-electron chi connectivity index (χ2n) is 4.89. The fraction of sp³-hybridized carbons (Fsp3) is 0. The summed E-state index contributed by atoms with van der Waals surface area (Å²) in [6, 6.07) is 16.8. The van der Waals surface area contributed by atoms with E-state index in [-0.39, 0.29) is 5.91 Å². The van der Waals surface area contributed by atoms with Crippen molar-refractivity contribution in [2.75, 3.05) is 5.32 Å². The van der Waals surface area contributed by atoms with Crippen LogP contribution in [-0.2, 0) is 4.79 Å². The van der Waals surface area contributed by atoms with Crippen LogP contribution in [-0.4, -0.2) is 15.7 Å². The Bertz CT molecular complexity index is 840. The van der Waals surface area contributed by atoms with Gasteiger partial charge in [0.05, 0.1) is 11.9 Å². The van der Waals surface area contributed by atoms with Gasteiger partial charge in [-0.3, -0.25) is 4.79 Å². The molecular weight excluding hydrogens is 310 g/mol. The van der Waals surface area contributed by atoms with E-state index in [1.807, 2.05) is 36.5 Å². The van der Waals surface area contributed by atoms with Crippen LogP contribution >= 0.6 is 11.6 Å². The predicted octanol–water partition coefficient (Wildman–Crippen LogP) is 4.18. The lowest BCUT2D eigenvalue weighted by Gasteiger charge is -2.01. The van der Waals surface area contributed by atoms with Crippen LogP contribution in [0.15, 0.2) is 73.1 Å². The van der Waals surface area contributed by atoms with Crippen LogP contribution < -0.4 is 5.32 Å². The molecule has 1 aromatic heterocycles. The standard InChI is InChI=1S/C18H14ClN3O/c19-15-5-4-6-16(11-15)21-18(23)10-9-14-12-20-22(13-14)17-7-2-1-3-8-17/h1-13H,(H,21,23). The highest BCUT2D eigenvalue weighted by Gasteiger charge is 2.00. The molecule has 0 aliphatic rings. The number of hydrogen-bond donors (Lipinski definition) is 1. The van der Waals surface area contributed by atoms with Crippen LogP contribution in [0.25, 0.3) is 11.8 Å². The zero-order valence-electron chi connectivity index (χ0n) is 12.2. The monoisotopic (exact) mass is 323 g/mol. The van der Waals surface area contributed by atoms with E-state index in [0.717, 1.165) is 11.3 Å². The van der Waals surface area contributed by atoms with Crippen molar-refractivity contribution in [1.29, 1.82) is 0 Å². The lowest BCUT2D eigenvalue weighted by Crippen LogP contribution is -2.07. The molecule has 0 aliphatic carbocycles. The number of para-hydroxylation sites is 1. The summed E-state index contributed by atoms with van der Waals surface area (Å²) in [6.45, 7) is 0. The van der Waals surface area contributed by atoms with Gasteiger partial charge in [0.25, 0.3) is 0 Å². The van der Waals surface area contributed by atoms with Gasteiger partial charge in [-0.2, -0.15) is 5.10 Å². The number of rotatable bonds is 4. The topological polar surface area (TPSA) is 46.9 Å². The summed E-state index contributed by atoms with van der Waals surface area (Å²) in [4.78, 5) is 11.9. The van der Waals surface area contributed by atoms with Crippen molar-refractivity contribution in [2.45, 2.75) is 0 Å². The van der Waals surface area contributed by atoms with Crippen LogP contribution in [0.4, 0.5) is 5.69 Å². The first-order valence-corrected chi connectivity index (χ1v) is 7.43. The second-order valence-corrected chi connectivity index (χ2v) is 5.32. The smallest absolute Gasteiger partial charge is 0.248 e. The van der Waals surface area contributed by atoms with Gasteiger partial charge in [0.1, 0.15) is 0 Å². The first kappa shape index (κ1) is 15.1. The van der Waals surface area contributed by atoms with Gasteiger partial charge in [0, 0.05) is 28.5 Å². The third kappa shape index (κ3) is 4.08. The van der Waals surface area contributed by atoms with E-state index in [2.05, 4.69) is 10.4 Å². The lowest BCUT2D eigenvalue weighted by molar-refractivity contribution is -0.111. The van der Waals surface area contributed by atoms with Crippen LogP contribution in [0.1, 0.15) is 5.56 Å². The molecule has 23 heavy (non-hydrogen) atoms. The highest BCUT2D eigenvalue weighted by molar-refractivity contribution is 6.30. The molecule has 1 amide bonds. The Balaban J connectivity index is 1.66. The molecule has 0 saturated carbocycles. The Labute approximate surface area is 139 Å². The van der Waals surface area contributed by atoms with Gasteiger partial charge < -0.3 is 5.32 Å². The number of aromatic nitrogens is 2. The van der Waals surface area contributed by atoms with Crippen molar-refractivity contribution >= 4 is 29.3 Å². The van der Waals surface area contributed by atoms with E-state index in [4.69, 9.17) is 11.6 Å². The van der Waals surface area contributed by atoms with E-state index >= 15 is 0 Å². The molecule has 4 nitrogen and oxygen atoms in total. The minimum atomic E-state index is -0.222. The summed E-state index contributed by atoms with van der Waals surface area (Å²) in [5.74, 6) is -0.222. The summed E-state index contributed by atoms with van der Waals surface area (Å²) in [5, 5.41) is 7.61. The van der Waals surface area contributed by atoms with E-state index < -0.39 is 0 Å². The number of hydrogen-bond acceptors (Lipinski definition) is 2. The maximum absolute atomic E-state index is 11.9. The zero-order chi connectivity index (χ0) is 16.1. The zero-order valence-corrected chi connectivity index (χ0v) is 12.9. The number of nitrogens with one attached hydrogen (secondary N) is 1. The number of anilines is 1. The lowest BCUT2D eigenvalue weighted by atomic mass is 10.3. The normalized spacial score (nSPS) is 10.8. The third-order valence-corrected chi connectivity index (χ3v) is 3.38. The summed E-state index contributed by atoms with van der Waals surface area (Å²) in [5.41, 5.74) is 2.47. The van der Waals surface area contributed by atoms with Crippen molar-refractivity contribution in [3.63, 3.8) is 0 Å². The number of carbonyl (C=O) groups is 1. The van der Waals surface area contributed by atoms with Gasteiger partial charge in [-0.25, -0.2) is 4.68 Å². The summed E-state index contributed by atoms with van der Waals surface area (Å²) in [7, 11) is 0. The first-order chi connectivity index (χ1) is 11.2. The number of nitrogens with zero attached hydrogens (tertiary/aromatic N) is 2. The Morgan fingerprint density at radius 3 is 2.74 bits per heavy atom. The minimum absolute atomic E-state index is 0.222. The van der Waals surface area contributed by atoms with Crippen LogP contribution in [0.5, 0.6) is 0 Å². The highest BCUT2D eigenvalue weighted by atomic mass is 35.5. The Kier molecular flexibility index (Phi) is 4.54. The molecule has 0 saturated heterocycles. The minimum Gasteiger partial charge on any atom is -0.322 e. The fourth-order valence-electron chi connectivity index (χ4n) is 2.07. The van der Waals surface area contributed by atoms with Crippen molar-refractivity contribution in [3.8, 4) is 5.69 Å². The number of benzene rings is 2. The van der Waals surface area contributed by atoms with Gasteiger partial charge in [-0.05, 0) is 36.4 Å². The Morgan fingerprint density at radius 2 is 1.96 bits per heavy atom. The van der Waals surface area contributed by atoms with Crippen LogP contribution in [0.3, 0.4) is 0 Å². The molecule has 2 aromatic carbocycles. The summed E-state index contributed by atoms with van der Waals surface area (Å²) >= 11 is 5.88. The van der Waals surface area contributed by atoms with E-state index in [0.29, 0.717) is 10.7 Å². The predicted molar refractivity (Wildman–Crippen MR) is 92.7 cm³/mol. The third-order valence-electron chi connectivity index (χ3n) is 3.14. The molecule has 3 rings (SSSR count). The molecule has 5 heteroatoms. The average Bonchev–Trinajstić information content (AvgIpc) is 3.03. The van der Waals surface area contributed by atoms with Crippen molar-refractivity contribution in [3.05, 3.63) is 83.7 Å². The van der Waals surface area contributed by atoms with E-state index in [1.54, 1.807) is 41.2 Å². The van der Waals surface area contributed by atoms with E-state index in [1.165, 1.54) is 6.08 Å². The molecule has 0 unspecified atom stereocenters. The summed E-state index contributed by atoms with van der Waals surface area (Å²) < 4.78 is 1.76. The molecule has 0 bridgehead atoms. The number of amides is 1. The molecule has 0 fully saturated rings. The second kappa shape index (κ2) is 6.94. The molecule has 114 valence electrons. The Hall–Kier alpha value is -2.85. The quantitative estimate of drug-likeness (QED) is 0.732. The van der Waals surface area contributed by atoms with Gasteiger partial charge >= 0.3 is 0 Å². The van der Waals surface area contributed by atoms with Gasteiger partial charge in [-0.1, -0.05) is 35.9 Å².